The smallest absolute Gasteiger partial charge is 0.178 e. The molecule has 1 unspecified atom stereocenters. The van der Waals surface area contributed by atoms with E-state index in [1.54, 1.807) is 10.6 Å². The zero-order valence-corrected chi connectivity index (χ0v) is 9.63. The predicted octanol–water partition coefficient (Wildman–Crippen LogP) is 0.391. The van der Waals surface area contributed by atoms with Gasteiger partial charge in [0.1, 0.15) is 5.82 Å². The fraction of sp³-hybridized carbons (Fsp3) is 0.545. The average Bonchev–Trinajstić information content (AvgIpc) is 2.73. The molecule has 6 heteroatoms. The third-order valence-electron chi connectivity index (χ3n) is 3.19. The Bertz CT molecular complexity index is 514. The van der Waals surface area contributed by atoms with Crippen LogP contribution in [0.3, 0.4) is 0 Å². The van der Waals surface area contributed by atoms with Crippen LogP contribution in [0.25, 0.3) is 5.65 Å². The highest BCUT2D eigenvalue weighted by molar-refractivity contribution is 5.41. The van der Waals surface area contributed by atoms with Gasteiger partial charge in [0.2, 0.25) is 0 Å². The number of rotatable bonds is 2. The second kappa shape index (κ2) is 4.29. The minimum Gasteiger partial charge on any atom is -0.382 e. The maximum atomic E-state index is 5.68. The normalized spacial score (nSPS) is 20.8. The van der Waals surface area contributed by atoms with Crippen LogP contribution in [-0.4, -0.2) is 32.4 Å². The number of fused-ring (bicyclic) bond motifs is 1. The maximum absolute atomic E-state index is 5.68. The van der Waals surface area contributed by atoms with Crippen molar-refractivity contribution in [1.29, 1.82) is 0 Å². The minimum atomic E-state index is 0.486. The van der Waals surface area contributed by atoms with Gasteiger partial charge in [-0.05, 0) is 31.5 Å². The van der Waals surface area contributed by atoms with Crippen LogP contribution in [-0.2, 0) is 6.42 Å². The first-order valence-corrected chi connectivity index (χ1v) is 6.03. The van der Waals surface area contributed by atoms with Crippen molar-refractivity contribution < 1.29 is 0 Å². The Morgan fingerprint density at radius 2 is 2.29 bits per heavy atom. The first-order valence-electron chi connectivity index (χ1n) is 6.03. The van der Waals surface area contributed by atoms with Gasteiger partial charge in [0.05, 0.1) is 0 Å². The Hall–Kier alpha value is -1.69. The maximum Gasteiger partial charge on any atom is 0.178 e. The van der Waals surface area contributed by atoms with E-state index in [0.29, 0.717) is 11.9 Å². The van der Waals surface area contributed by atoms with Crippen LogP contribution in [0.2, 0.25) is 0 Å². The van der Waals surface area contributed by atoms with Crippen LogP contribution in [0.1, 0.15) is 25.1 Å². The Labute approximate surface area is 99.2 Å². The van der Waals surface area contributed by atoms with E-state index in [9.17, 15) is 0 Å². The molecule has 3 N–H and O–H groups in total. The largest absolute Gasteiger partial charge is 0.382 e. The van der Waals surface area contributed by atoms with E-state index < -0.39 is 0 Å². The van der Waals surface area contributed by atoms with Crippen LogP contribution in [0.5, 0.6) is 0 Å². The van der Waals surface area contributed by atoms with E-state index in [1.807, 2.05) is 6.07 Å². The molecular weight excluding hydrogens is 216 g/mol. The van der Waals surface area contributed by atoms with E-state index in [-0.39, 0.29) is 0 Å². The molecule has 0 spiro atoms. The molecule has 3 heterocycles. The number of anilines is 1. The molecule has 3 rings (SSSR count). The van der Waals surface area contributed by atoms with Gasteiger partial charge in [-0.15, -0.1) is 15.3 Å². The van der Waals surface area contributed by atoms with Crippen LogP contribution in [0.15, 0.2) is 12.1 Å². The molecule has 0 aromatic carbocycles. The second-order valence-corrected chi connectivity index (χ2v) is 4.50. The van der Waals surface area contributed by atoms with Crippen molar-refractivity contribution in [3.05, 3.63) is 18.0 Å². The number of nitrogens with one attached hydrogen (secondary N) is 1. The summed E-state index contributed by atoms with van der Waals surface area (Å²) in [6.45, 7) is 1.09. The number of hydrogen-bond acceptors (Lipinski definition) is 5. The molecule has 1 saturated heterocycles. The number of nitrogen functional groups attached to an aromatic ring is 1. The minimum absolute atomic E-state index is 0.486. The van der Waals surface area contributed by atoms with Gasteiger partial charge in [0.25, 0.3) is 0 Å². The quantitative estimate of drug-likeness (QED) is 0.783. The third kappa shape index (κ3) is 2.08. The van der Waals surface area contributed by atoms with Gasteiger partial charge in [-0.1, -0.05) is 6.42 Å². The molecule has 6 nitrogen and oxygen atoms in total. The van der Waals surface area contributed by atoms with E-state index in [4.69, 9.17) is 5.73 Å². The molecule has 0 radical (unpaired) electrons. The van der Waals surface area contributed by atoms with Crippen molar-refractivity contribution in [2.24, 2.45) is 0 Å². The highest BCUT2D eigenvalue weighted by atomic mass is 15.4. The molecule has 0 amide bonds. The molecule has 0 aliphatic carbocycles. The Kier molecular flexibility index (Phi) is 2.64. The highest BCUT2D eigenvalue weighted by Crippen LogP contribution is 2.12. The Morgan fingerprint density at radius 1 is 1.35 bits per heavy atom. The lowest BCUT2D eigenvalue weighted by atomic mass is 10.0. The van der Waals surface area contributed by atoms with Crippen molar-refractivity contribution in [3.63, 3.8) is 0 Å². The molecule has 2 aromatic heterocycles. The van der Waals surface area contributed by atoms with Gasteiger partial charge in [-0.2, -0.15) is 4.52 Å². The molecule has 1 aliphatic heterocycles. The lowest BCUT2D eigenvalue weighted by molar-refractivity contribution is 0.392. The fourth-order valence-electron chi connectivity index (χ4n) is 2.29. The number of piperidine rings is 1. The molecule has 1 atom stereocenters. The first-order chi connectivity index (χ1) is 8.33. The molecule has 0 bridgehead atoms. The standard InChI is InChI=1S/C11H16N6/c12-9-4-5-10-14-15-11(17(10)16-9)7-8-3-1-2-6-13-8/h4-5,8,13H,1-3,6-7H2,(H2,12,16). The fourth-order valence-corrected chi connectivity index (χ4v) is 2.29. The number of aromatic nitrogens is 4. The molecule has 2 aromatic rings. The van der Waals surface area contributed by atoms with Gasteiger partial charge < -0.3 is 11.1 Å². The van der Waals surface area contributed by atoms with E-state index in [1.165, 1.54) is 19.3 Å². The second-order valence-electron chi connectivity index (χ2n) is 4.50. The molecule has 1 fully saturated rings. The molecule has 17 heavy (non-hydrogen) atoms. The lowest BCUT2D eigenvalue weighted by Crippen LogP contribution is -2.36. The summed E-state index contributed by atoms with van der Waals surface area (Å²) in [5, 5.41) is 16.0. The van der Waals surface area contributed by atoms with Gasteiger partial charge in [-0.3, -0.25) is 0 Å². The molecular formula is C11H16N6. The Balaban J connectivity index is 1.86. The topological polar surface area (TPSA) is 81.1 Å². The van der Waals surface area contributed by atoms with Crippen molar-refractivity contribution in [2.75, 3.05) is 12.3 Å². The van der Waals surface area contributed by atoms with Gasteiger partial charge in [-0.25, -0.2) is 0 Å². The van der Waals surface area contributed by atoms with Crippen LogP contribution in [0, 0.1) is 0 Å². The van der Waals surface area contributed by atoms with E-state index in [2.05, 4.69) is 20.6 Å². The van der Waals surface area contributed by atoms with Crippen molar-refractivity contribution in [3.8, 4) is 0 Å². The molecule has 1 aliphatic rings. The van der Waals surface area contributed by atoms with Crippen molar-refractivity contribution >= 4 is 11.5 Å². The summed E-state index contributed by atoms with van der Waals surface area (Å²) < 4.78 is 1.74. The molecule has 0 saturated carbocycles. The average molecular weight is 232 g/mol. The molecule has 90 valence electrons. The van der Waals surface area contributed by atoms with Crippen LogP contribution < -0.4 is 11.1 Å². The summed E-state index contributed by atoms with van der Waals surface area (Å²) >= 11 is 0. The van der Waals surface area contributed by atoms with Gasteiger partial charge in [0.15, 0.2) is 11.5 Å². The van der Waals surface area contributed by atoms with Crippen molar-refractivity contribution in [2.45, 2.75) is 31.7 Å². The predicted molar refractivity (Wildman–Crippen MR) is 64.5 cm³/mol. The third-order valence-corrected chi connectivity index (χ3v) is 3.19. The Morgan fingerprint density at radius 3 is 3.12 bits per heavy atom. The van der Waals surface area contributed by atoms with E-state index >= 15 is 0 Å². The summed E-state index contributed by atoms with van der Waals surface area (Å²) in [6.07, 6.45) is 4.60. The lowest BCUT2D eigenvalue weighted by Gasteiger charge is -2.22. The SMILES string of the molecule is Nc1ccc2nnc(CC3CCCCN3)n2n1. The summed E-state index contributed by atoms with van der Waals surface area (Å²) in [6, 6.07) is 4.07. The van der Waals surface area contributed by atoms with Crippen LogP contribution >= 0.6 is 0 Å². The monoisotopic (exact) mass is 232 g/mol. The summed E-state index contributed by atoms with van der Waals surface area (Å²) in [5.41, 5.74) is 6.44. The first kappa shape index (κ1) is 10.5. The number of nitrogens with two attached hydrogens (primary N) is 1. The highest BCUT2D eigenvalue weighted by Gasteiger charge is 2.16. The summed E-state index contributed by atoms with van der Waals surface area (Å²) in [4.78, 5) is 0. The summed E-state index contributed by atoms with van der Waals surface area (Å²) in [7, 11) is 0. The zero-order chi connectivity index (χ0) is 11.7. The number of hydrogen-bond donors (Lipinski definition) is 2. The van der Waals surface area contributed by atoms with Gasteiger partial charge in [0, 0.05) is 12.5 Å². The zero-order valence-electron chi connectivity index (χ0n) is 9.63. The summed E-state index contributed by atoms with van der Waals surface area (Å²) in [5.74, 6) is 1.38. The van der Waals surface area contributed by atoms with Gasteiger partial charge >= 0.3 is 0 Å². The number of nitrogens with zero attached hydrogens (tertiary/aromatic N) is 4. The van der Waals surface area contributed by atoms with Crippen molar-refractivity contribution in [1.82, 2.24) is 25.1 Å². The van der Waals surface area contributed by atoms with E-state index in [0.717, 1.165) is 24.4 Å². The van der Waals surface area contributed by atoms with Crippen LogP contribution in [0.4, 0.5) is 5.82 Å².